The fourth-order valence-corrected chi connectivity index (χ4v) is 2.47. The Morgan fingerprint density at radius 2 is 1.90 bits per heavy atom. The van der Waals surface area contributed by atoms with Gasteiger partial charge >= 0.3 is 12.0 Å². The van der Waals surface area contributed by atoms with Crippen molar-refractivity contribution in [1.29, 1.82) is 0 Å². The zero-order valence-corrected chi connectivity index (χ0v) is 12.4. The Morgan fingerprint density at radius 3 is 2.35 bits per heavy atom. The number of likely N-dealkylation sites (tertiary alicyclic amines) is 1. The fourth-order valence-electron chi connectivity index (χ4n) is 2.47. The molecule has 0 radical (unpaired) electrons. The molecule has 3 amide bonds. The third-order valence-electron chi connectivity index (χ3n) is 3.66. The summed E-state index contributed by atoms with van der Waals surface area (Å²) in [5.41, 5.74) is 5.10. The monoisotopic (exact) mass is 285 g/mol. The molecule has 1 aliphatic heterocycles. The first kappa shape index (κ1) is 16.3. The minimum absolute atomic E-state index is 0.0350. The van der Waals surface area contributed by atoms with Gasteiger partial charge in [-0.2, -0.15) is 0 Å². The van der Waals surface area contributed by atoms with Gasteiger partial charge < -0.3 is 20.7 Å². The van der Waals surface area contributed by atoms with Gasteiger partial charge in [0, 0.05) is 13.1 Å². The maximum Gasteiger partial charge on any atom is 0.312 e. The van der Waals surface area contributed by atoms with E-state index >= 15 is 0 Å². The number of amides is 3. The highest BCUT2D eigenvalue weighted by molar-refractivity contribution is 5.87. The van der Waals surface area contributed by atoms with Crippen LogP contribution in [-0.4, -0.2) is 49.0 Å². The van der Waals surface area contributed by atoms with E-state index in [2.05, 4.69) is 5.32 Å². The summed E-state index contributed by atoms with van der Waals surface area (Å²) in [5.74, 6) is -0.880. The molecule has 1 aliphatic rings. The number of ether oxygens (including phenoxy) is 1. The molecule has 1 rings (SSSR count). The molecule has 0 aromatic heterocycles. The zero-order valence-electron chi connectivity index (χ0n) is 12.4. The lowest BCUT2D eigenvalue weighted by atomic mass is 9.99. The topological polar surface area (TPSA) is 102 Å². The summed E-state index contributed by atoms with van der Waals surface area (Å²) in [6, 6.07) is -1.40. The second-order valence-electron chi connectivity index (χ2n) is 5.58. The Hall–Kier alpha value is -1.79. The van der Waals surface area contributed by atoms with Gasteiger partial charge in [-0.05, 0) is 11.8 Å². The van der Waals surface area contributed by atoms with Crippen LogP contribution in [0.25, 0.3) is 0 Å². The summed E-state index contributed by atoms with van der Waals surface area (Å²) in [7, 11) is 1.34. The highest BCUT2D eigenvalue weighted by Crippen LogP contribution is 2.25. The van der Waals surface area contributed by atoms with Gasteiger partial charge in [0.1, 0.15) is 6.04 Å². The first-order valence-corrected chi connectivity index (χ1v) is 6.70. The van der Waals surface area contributed by atoms with E-state index < -0.39 is 12.1 Å². The smallest absolute Gasteiger partial charge is 0.312 e. The van der Waals surface area contributed by atoms with Gasteiger partial charge in [-0.1, -0.05) is 20.8 Å². The van der Waals surface area contributed by atoms with E-state index in [-0.39, 0.29) is 29.6 Å². The molecule has 1 fully saturated rings. The van der Waals surface area contributed by atoms with E-state index in [4.69, 9.17) is 10.5 Å². The molecule has 3 atom stereocenters. The number of primary amides is 1. The minimum atomic E-state index is -0.728. The van der Waals surface area contributed by atoms with E-state index in [1.807, 2.05) is 20.8 Å². The maximum atomic E-state index is 12.4. The van der Waals surface area contributed by atoms with Gasteiger partial charge in [0.25, 0.3) is 0 Å². The molecule has 0 spiro atoms. The molecule has 1 heterocycles. The third kappa shape index (κ3) is 3.61. The highest BCUT2D eigenvalue weighted by Gasteiger charge is 2.40. The second kappa shape index (κ2) is 6.58. The van der Waals surface area contributed by atoms with Crippen LogP contribution in [0.2, 0.25) is 0 Å². The molecule has 20 heavy (non-hydrogen) atoms. The summed E-state index contributed by atoms with van der Waals surface area (Å²) in [6.45, 7) is 6.35. The maximum absolute atomic E-state index is 12.4. The SMILES string of the molecule is COC(=O)C1CN(C(=O)C(NC(N)=O)C(C)C)CC1C. The van der Waals surface area contributed by atoms with Crippen molar-refractivity contribution in [2.45, 2.75) is 26.8 Å². The van der Waals surface area contributed by atoms with Crippen LogP contribution in [0, 0.1) is 17.8 Å². The van der Waals surface area contributed by atoms with Crippen LogP contribution in [0.1, 0.15) is 20.8 Å². The molecule has 1 saturated heterocycles. The molecule has 0 aromatic carbocycles. The number of esters is 1. The van der Waals surface area contributed by atoms with Crippen molar-refractivity contribution >= 4 is 17.9 Å². The van der Waals surface area contributed by atoms with Crippen LogP contribution in [0.15, 0.2) is 0 Å². The van der Waals surface area contributed by atoms with Crippen LogP contribution < -0.4 is 11.1 Å². The molecular weight excluding hydrogens is 262 g/mol. The van der Waals surface area contributed by atoms with Crippen molar-refractivity contribution in [3.63, 3.8) is 0 Å². The third-order valence-corrected chi connectivity index (χ3v) is 3.66. The molecule has 7 heteroatoms. The number of hydrogen-bond donors (Lipinski definition) is 2. The summed E-state index contributed by atoms with van der Waals surface area (Å²) in [6.07, 6.45) is 0. The average molecular weight is 285 g/mol. The van der Waals surface area contributed by atoms with Crippen molar-refractivity contribution in [2.75, 3.05) is 20.2 Å². The fraction of sp³-hybridized carbons (Fsp3) is 0.769. The molecule has 3 unspecified atom stereocenters. The molecule has 3 N–H and O–H groups in total. The number of nitrogens with one attached hydrogen (secondary N) is 1. The molecule has 0 aliphatic carbocycles. The summed E-state index contributed by atoms with van der Waals surface area (Å²) in [5, 5.41) is 2.46. The lowest BCUT2D eigenvalue weighted by Crippen LogP contribution is -2.52. The lowest BCUT2D eigenvalue weighted by molar-refractivity contribution is -0.146. The number of carbonyl (C=O) groups is 3. The molecule has 0 saturated carbocycles. The highest BCUT2D eigenvalue weighted by atomic mass is 16.5. The molecule has 0 bridgehead atoms. The molecular formula is C13H23N3O4. The van der Waals surface area contributed by atoms with Crippen LogP contribution in [-0.2, 0) is 14.3 Å². The van der Waals surface area contributed by atoms with Crippen molar-refractivity contribution < 1.29 is 19.1 Å². The zero-order chi connectivity index (χ0) is 15.4. The second-order valence-corrected chi connectivity index (χ2v) is 5.58. The van der Waals surface area contributed by atoms with E-state index in [1.54, 1.807) is 4.90 Å². The standard InChI is InChI=1S/C13H23N3O4/c1-7(2)10(15-13(14)19)11(17)16-5-8(3)9(6-16)12(18)20-4/h7-10H,5-6H2,1-4H3,(H3,14,15,19). The van der Waals surface area contributed by atoms with Crippen molar-refractivity contribution in [3.8, 4) is 0 Å². The van der Waals surface area contributed by atoms with Gasteiger partial charge in [0.2, 0.25) is 5.91 Å². The molecule has 114 valence electrons. The number of urea groups is 1. The van der Waals surface area contributed by atoms with Gasteiger partial charge in [0.15, 0.2) is 0 Å². The largest absolute Gasteiger partial charge is 0.469 e. The van der Waals surface area contributed by atoms with Crippen LogP contribution in [0.4, 0.5) is 4.79 Å². The normalized spacial score (nSPS) is 23.6. The number of methoxy groups -OCH3 is 1. The first-order chi connectivity index (χ1) is 9.27. The minimum Gasteiger partial charge on any atom is -0.469 e. The van der Waals surface area contributed by atoms with E-state index in [0.717, 1.165) is 0 Å². The van der Waals surface area contributed by atoms with Gasteiger partial charge in [-0.25, -0.2) is 4.79 Å². The van der Waals surface area contributed by atoms with Gasteiger partial charge in [0.05, 0.1) is 13.0 Å². The Morgan fingerprint density at radius 1 is 1.30 bits per heavy atom. The Bertz CT molecular complexity index is 397. The van der Waals surface area contributed by atoms with Gasteiger partial charge in [-0.15, -0.1) is 0 Å². The predicted molar refractivity (Wildman–Crippen MR) is 72.6 cm³/mol. The van der Waals surface area contributed by atoms with Crippen LogP contribution >= 0.6 is 0 Å². The van der Waals surface area contributed by atoms with E-state index in [9.17, 15) is 14.4 Å². The predicted octanol–water partition coefficient (Wildman–Crippen LogP) is -0.0532. The Kier molecular flexibility index (Phi) is 5.35. The summed E-state index contributed by atoms with van der Waals surface area (Å²) < 4.78 is 4.74. The van der Waals surface area contributed by atoms with E-state index in [0.29, 0.717) is 13.1 Å². The lowest BCUT2D eigenvalue weighted by Gasteiger charge is -2.26. The number of rotatable bonds is 4. The van der Waals surface area contributed by atoms with Crippen LogP contribution in [0.5, 0.6) is 0 Å². The van der Waals surface area contributed by atoms with Crippen molar-refractivity contribution in [2.24, 2.45) is 23.5 Å². The average Bonchev–Trinajstić information content (AvgIpc) is 2.75. The molecule has 7 nitrogen and oxygen atoms in total. The summed E-state index contributed by atoms with van der Waals surface area (Å²) in [4.78, 5) is 36.6. The van der Waals surface area contributed by atoms with Crippen molar-refractivity contribution in [3.05, 3.63) is 0 Å². The summed E-state index contributed by atoms with van der Waals surface area (Å²) >= 11 is 0. The number of nitrogens with two attached hydrogens (primary N) is 1. The molecule has 0 aromatic rings. The Balaban J connectivity index is 2.77. The van der Waals surface area contributed by atoms with E-state index in [1.165, 1.54) is 7.11 Å². The Labute approximate surface area is 118 Å². The van der Waals surface area contributed by atoms with Crippen LogP contribution in [0.3, 0.4) is 0 Å². The quantitative estimate of drug-likeness (QED) is 0.707. The number of hydrogen-bond acceptors (Lipinski definition) is 4. The number of nitrogens with zero attached hydrogens (tertiary/aromatic N) is 1. The van der Waals surface area contributed by atoms with Crippen molar-refractivity contribution in [1.82, 2.24) is 10.2 Å². The first-order valence-electron chi connectivity index (χ1n) is 6.70. The number of carbonyl (C=O) groups excluding carboxylic acids is 3. The van der Waals surface area contributed by atoms with Gasteiger partial charge in [-0.3, -0.25) is 9.59 Å².